The van der Waals surface area contributed by atoms with Crippen molar-refractivity contribution in [3.63, 3.8) is 0 Å². The summed E-state index contributed by atoms with van der Waals surface area (Å²) in [5.41, 5.74) is 2.09. The number of nitrogens with one attached hydrogen (secondary N) is 1. The van der Waals surface area contributed by atoms with Gasteiger partial charge in [0.25, 0.3) is 5.91 Å². The molecule has 0 spiro atoms. The minimum atomic E-state index is -1.04. The molecule has 0 fully saturated rings. The van der Waals surface area contributed by atoms with Gasteiger partial charge < -0.3 is 10.1 Å². The van der Waals surface area contributed by atoms with Crippen molar-refractivity contribution < 1.29 is 18.7 Å². The molecule has 4 rings (SSSR count). The molecule has 2 aromatic carbocycles. The van der Waals surface area contributed by atoms with E-state index in [2.05, 4.69) is 9.97 Å². The first-order valence-electron chi connectivity index (χ1n) is 7.59. The Hall–Kier alpha value is -3.22. The summed E-state index contributed by atoms with van der Waals surface area (Å²) < 4.78 is 28.0. The van der Waals surface area contributed by atoms with Crippen LogP contribution in [0.5, 0.6) is 0 Å². The number of hydrogen-bond donors (Lipinski definition) is 2. The van der Waals surface area contributed by atoms with Crippen molar-refractivity contribution in [1.29, 1.82) is 0 Å². The minimum absolute atomic E-state index is 0.0143. The summed E-state index contributed by atoms with van der Waals surface area (Å²) in [6.45, 7) is 1.52. The molecule has 126 valence electrons. The van der Waals surface area contributed by atoms with Gasteiger partial charge in [-0.1, -0.05) is 12.1 Å². The Morgan fingerprint density at radius 3 is 2.84 bits per heavy atom. The number of aromatic amines is 1. The molecule has 25 heavy (non-hydrogen) atoms. The van der Waals surface area contributed by atoms with E-state index in [1.54, 1.807) is 18.2 Å². The van der Waals surface area contributed by atoms with Gasteiger partial charge in [0.2, 0.25) is 0 Å². The van der Waals surface area contributed by atoms with Crippen molar-refractivity contribution in [3.05, 3.63) is 71.3 Å². The summed E-state index contributed by atoms with van der Waals surface area (Å²) >= 11 is 0. The van der Waals surface area contributed by atoms with E-state index in [-0.39, 0.29) is 11.1 Å². The highest BCUT2D eigenvalue weighted by atomic mass is 19.2. The molecule has 5 nitrogen and oxygen atoms in total. The Kier molecular flexibility index (Phi) is 3.31. The van der Waals surface area contributed by atoms with Crippen molar-refractivity contribution >= 4 is 22.6 Å². The van der Waals surface area contributed by atoms with Gasteiger partial charge in [-0.25, -0.2) is 13.8 Å². The van der Waals surface area contributed by atoms with Crippen LogP contribution >= 0.6 is 0 Å². The van der Waals surface area contributed by atoms with E-state index in [1.165, 1.54) is 30.3 Å². The van der Waals surface area contributed by atoms with E-state index in [9.17, 15) is 18.7 Å². The normalized spacial score (nSPS) is 17.8. The quantitative estimate of drug-likeness (QED) is 0.746. The molecule has 7 heteroatoms. The first-order valence-corrected chi connectivity index (χ1v) is 7.59. The van der Waals surface area contributed by atoms with Crippen molar-refractivity contribution in [1.82, 2.24) is 9.97 Å². The van der Waals surface area contributed by atoms with E-state index in [0.717, 1.165) is 6.07 Å². The molecule has 2 heterocycles. The van der Waals surface area contributed by atoms with E-state index >= 15 is 0 Å². The summed E-state index contributed by atoms with van der Waals surface area (Å²) in [6.07, 6.45) is 1.52. The number of amides is 1. The summed E-state index contributed by atoms with van der Waals surface area (Å²) in [5, 5.41) is 10.1. The molecule has 1 aliphatic heterocycles. The minimum Gasteiger partial charge on any atom is -0.503 e. The Morgan fingerprint density at radius 1 is 1.24 bits per heavy atom. The Balaban J connectivity index is 1.90. The van der Waals surface area contributed by atoms with Gasteiger partial charge in [-0.3, -0.25) is 9.69 Å². The van der Waals surface area contributed by atoms with E-state index in [0.29, 0.717) is 16.7 Å². The van der Waals surface area contributed by atoms with Gasteiger partial charge in [0.15, 0.2) is 17.4 Å². The van der Waals surface area contributed by atoms with Crippen LogP contribution in [0.15, 0.2) is 54.1 Å². The topological polar surface area (TPSA) is 69.2 Å². The standard InChI is InChI=1S/C18H13F2N3O2/c1-9-16(11-3-2-4-12(19)15(11)20)23(18(25)17(9)24)10-5-6-13-14(7-10)22-8-21-13/h2-8,16,24H,1H3,(H,21,22). The molecule has 0 saturated heterocycles. The smallest absolute Gasteiger partial charge is 0.293 e. The monoisotopic (exact) mass is 341 g/mol. The van der Waals surface area contributed by atoms with Crippen LogP contribution < -0.4 is 4.90 Å². The molecule has 0 saturated carbocycles. The first-order chi connectivity index (χ1) is 12.0. The molecular formula is C18H13F2N3O2. The largest absolute Gasteiger partial charge is 0.503 e. The zero-order chi connectivity index (χ0) is 17.7. The maximum absolute atomic E-state index is 14.3. The molecule has 1 atom stereocenters. The van der Waals surface area contributed by atoms with Crippen molar-refractivity contribution in [2.45, 2.75) is 13.0 Å². The van der Waals surface area contributed by atoms with Gasteiger partial charge in [-0.2, -0.15) is 0 Å². The highest BCUT2D eigenvalue weighted by Gasteiger charge is 2.40. The molecule has 0 aliphatic carbocycles. The number of imidazole rings is 1. The third kappa shape index (κ3) is 2.20. The van der Waals surface area contributed by atoms with Gasteiger partial charge in [0.1, 0.15) is 0 Å². The highest BCUT2D eigenvalue weighted by molar-refractivity contribution is 6.09. The second-order valence-electron chi connectivity index (χ2n) is 5.86. The number of hydrogen-bond acceptors (Lipinski definition) is 3. The Morgan fingerprint density at radius 2 is 2.04 bits per heavy atom. The summed E-state index contributed by atoms with van der Waals surface area (Å²) in [4.78, 5) is 20.8. The maximum Gasteiger partial charge on any atom is 0.293 e. The van der Waals surface area contributed by atoms with Gasteiger partial charge >= 0.3 is 0 Å². The highest BCUT2D eigenvalue weighted by Crippen LogP contribution is 2.41. The van der Waals surface area contributed by atoms with Crippen LogP contribution in [0.4, 0.5) is 14.5 Å². The summed E-state index contributed by atoms with van der Waals surface area (Å²) in [6, 6.07) is 7.89. The zero-order valence-electron chi connectivity index (χ0n) is 13.1. The predicted octanol–water partition coefficient (Wildman–Crippen LogP) is 3.76. The lowest BCUT2D eigenvalue weighted by Crippen LogP contribution is -2.30. The molecule has 1 aliphatic rings. The molecular weight excluding hydrogens is 328 g/mol. The number of carbonyl (C=O) groups is 1. The van der Waals surface area contributed by atoms with E-state index in [4.69, 9.17) is 0 Å². The maximum atomic E-state index is 14.3. The Labute approximate surface area is 141 Å². The SMILES string of the molecule is CC1=C(O)C(=O)N(c2ccc3nc[nH]c3c2)C1c1cccc(F)c1F. The molecule has 1 amide bonds. The predicted molar refractivity (Wildman–Crippen MR) is 88.0 cm³/mol. The lowest BCUT2D eigenvalue weighted by molar-refractivity contribution is -0.117. The third-order valence-corrected chi connectivity index (χ3v) is 4.42. The van der Waals surface area contributed by atoms with E-state index in [1.807, 2.05) is 0 Å². The number of benzene rings is 2. The summed E-state index contributed by atoms with van der Waals surface area (Å²) in [5.74, 6) is -3.17. The van der Waals surface area contributed by atoms with Crippen LogP contribution in [0.25, 0.3) is 11.0 Å². The van der Waals surface area contributed by atoms with Crippen molar-refractivity contribution in [2.24, 2.45) is 0 Å². The second-order valence-corrected chi connectivity index (χ2v) is 5.86. The number of carbonyl (C=O) groups excluding carboxylic acids is 1. The van der Waals surface area contributed by atoms with Crippen LogP contribution in [0, 0.1) is 11.6 Å². The molecule has 0 bridgehead atoms. The van der Waals surface area contributed by atoms with Gasteiger partial charge in [-0.15, -0.1) is 0 Å². The van der Waals surface area contributed by atoms with E-state index < -0.39 is 29.3 Å². The number of halogens is 2. The number of aliphatic hydroxyl groups excluding tert-OH is 1. The fourth-order valence-electron chi connectivity index (χ4n) is 3.17. The average Bonchev–Trinajstić information content (AvgIpc) is 3.15. The number of aliphatic hydroxyl groups is 1. The van der Waals surface area contributed by atoms with Gasteiger partial charge in [0.05, 0.1) is 23.4 Å². The van der Waals surface area contributed by atoms with Crippen LogP contribution in [-0.4, -0.2) is 21.0 Å². The number of fused-ring (bicyclic) bond motifs is 1. The van der Waals surface area contributed by atoms with Gasteiger partial charge in [-0.05, 0) is 31.2 Å². The number of aromatic nitrogens is 2. The van der Waals surface area contributed by atoms with Crippen molar-refractivity contribution in [2.75, 3.05) is 4.90 Å². The lowest BCUT2D eigenvalue weighted by Gasteiger charge is -2.26. The lowest BCUT2D eigenvalue weighted by atomic mass is 9.99. The first kappa shape index (κ1) is 15.3. The number of nitrogens with zero attached hydrogens (tertiary/aromatic N) is 2. The molecule has 0 radical (unpaired) electrons. The number of rotatable bonds is 2. The van der Waals surface area contributed by atoms with Gasteiger partial charge in [0, 0.05) is 16.8 Å². The second kappa shape index (κ2) is 5.41. The number of H-pyrrole nitrogens is 1. The number of anilines is 1. The van der Waals surface area contributed by atoms with Crippen LogP contribution in [0.2, 0.25) is 0 Å². The van der Waals surface area contributed by atoms with Crippen LogP contribution in [-0.2, 0) is 4.79 Å². The fourth-order valence-corrected chi connectivity index (χ4v) is 3.17. The molecule has 1 aromatic heterocycles. The Bertz CT molecular complexity index is 1040. The molecule has 2 N–H and O–H groups in total. The average molecular weight is 341 g/mol. The van der Waals surface area contributed by atoms with Crippen molar-refractivity contribution in [3.8, 4) is 0 Å². The molecule has 1 unspecified atom stereocenters. The summed E-state index contributed by atoms with van der Waals surface area (Å²) in [7, 11) is 0. The van der Waals surface area contributed by atoms with Crippen LogP contribution in [0.3, 0.4) is 0 Å². The third-order valence-electron chi connectivity index (χ3n) is 4.42. The fraction of sp³-hybridized carbons (Fsp3) is 0.111. The molecule has 3 aromatic rings. The van der Waals surface area contributed by atoms with Crippen LogP contribution in [0.1, 0.15) is 18.5 Å². The zero-order valence-corrected chi connectivity index (χ0v) is 13.1.